The summed E-state index contributed by atoms with van der Waals surface area (Å²) in [6.07, 6.45) is 0. The first-order chi connectivity index (χ1) is 7.13. The van der Waals surface area contributed by atoms with Gasteiger partial charge >= 0.3 is 0 Å². The van der Waals surface area contributed by atoms with Crippen LogP contribution in [0.25, 0.3) is 10.9 Å². The second-order valence-electron chi connectivity index (χ2n) is 3.24. The Hall–Kier alpha value is -0.990. The maximum Gasteiger partial charge on any atom is 0.145 e. The number of aryl methyl sites for hydroxylation is 1. The zero-order chi connectivity index (χ0) is 11.0. The minimum atomic E-state index is 0.475. The topological polar surface area (TPSA) is 22.1 Å². The van der Waals surface area contributed by atoms with Crippen LogP contribution in [-0.4, -0.2) is 12.1 Å². The van der Waals surface area contributed by atoms with Gasteiger partial charge in [0.25, 0.3) is 0 Å². The fourth-order valence-corrected chi connectivity index (χ4v) is 1.79. The Morgan fingerprint density at radius 1 is 1.27 bits per heavy atom. The van der Waals surface area contributed by atoms with Crippen molar-refractivity contribution in [1.82, 2.24) is 4.98 Å². The van der Waals surface area contributed by atoms with Gasteiger partial charge in [0.1, 0.15) is 16.4 Å². The summed E-state index contributed by atoms with van der Waals surface area (Å²) in [5.74, 6) is 0.677. The highest BCUT2D eigenvalue weighted by molar-refractivity contribution is 6.36. The number of nitrogens with zero attached hydrogens (tertiary/aromatic N) is 1. The Balaban J connectivity index is 2.88. The zero-order valence-electron chi connectivity index (χ0n) is 8.34. The predicted molar refractivity (Wildman–Crippen MR) is 63.1 cm³/mol. The van der Waals surface area contributed by atoms with Gasteiger partial charge in [0, 0.05) is 5.39 Å². The van der Waals surface area contributed by atoms with E-state index in [2.05, 4.69) is 4.98 Å². The van der Waals surface area contributed by atoms with E-state index in [0.717, 1.165) is 10.9 Å². The molecule has 1 aromatic carbocycles. The molecule has 0 atom stereocenters. The van der Waals surface area contributed by atoms with Crippen molar-refractivity contribution in [3.8, 4) is 5.75 Å². The quantitative estimate of drug-likeness (QED) is 0.708. The number of fused-ring (bicyclic) bond motifs is 1. The van der Waals surface area contributed by atoms with Gasteiger partial charge in [-0.3, -0.25) is 0 Å². The molecule has 1 aromatic heterocycles. The van der Waals surface area contributed by atoms with Crippen molar-refractivity contribution in [2.45, 2.75) is 6.92 Å². The van der Waals surface area contributed by atoms with Gasteiger partial charge in [-0.05, 0) is 30.7 Å². The molecule has 2 aromatic rings. The van der Waals surface area contributed by atoms with Crippen molar-refractivity contribution in [2.75, 3.05) is 7.11 Å². The van der Waals surface area contributed by atoms with Gasteiger partial charge in [0.2, 0.25) is 0 Å². The minimum absolute atomic E-state index is 0.475. The average molecular weight is 242 g/mol. The van der Waals surface area contributed by atoms with Gasteiger partial charge in [-0.1, -0.05) is 23.2 Å². The van der Waals surface area contributed by atoms with E-state index in [1.54, 1.807) is 19.2 Å². The fraction of sp³-hybridized carbons (Fsp3) is 0.182. The average Bonchev–Trinajstić information content (AvgIpc) is 2.22. The Morgan fingerprint density at radius 3 is 2.67 bits per heavy atom. The molecule has 0 N–H and O–H groups in total. The van der Waals surface area contributed by atoms with E-state index >= 15 is 0 Å². The molecular weight excluding hydrogens is 233 g/mol. The summed E-state index contributed by atoms with van der Waals surface area (Å²) in [4.78, 5) is 4.26. The summed E-state index contributed by atoms with van der Waals surface area (Å²) in [6.45, 7) is 1.89. The third-order valence-electron chi connectivity index (χ3n) is 2.24. The number of benzene rings is 1. The van der Waals surface area contributed by atoms with Gasteiger partial charge in [-0.15, -0.1) is 0 Å². The molecule has 0 amide bonds. The summed E-state index contributed by atoms with van der Waals surface area (Å²) < 4.78 is 5.20. The number of ether oxygens (including phenoxy) is 1. The minimum Gasteiger partial charge on any atom is -0.494 e. The standard InChI is InChI=1S/C11H9Cl2NO/c1-6-5-7-8(12)3-4-9(15-2)10(7)14-11(6)13/h3-5H,1-2H3. The second kappa shape index (κ2) is 3.87. The third-order valence-corrected chi connectivity index (χ3v) is 2.96. The number of methoxy groups -OCH3 is 1. The van der Waals surface area contributed by atoms with E-state index in [4.69, 9.17) is 27.9 Å². The van der Waals surface area contributed by atoms with Crippen LogP contribution in [0.4, 0.5) is 0 Å². The number of halogens is 2. The first-order valence-electron chi connectivity index (χ1n) is 4.43. The third kappa shape index (κ3) is 1.75. The summed E-state index contributed by atoms with van der Waals surface area (Å²) in [5.41, 5.74) is 1.60. The van der Waals surface area contributed by atoms with Gasteiger partial charge in [-0.25, -0.2) is 4.98 Å². The number of hydrogen-bond acceptors (Lipinski definition) is 2. The second-order valence-corrected chi connectivity index (χ2v) is 4.01. The molecule has 0 aliphatic heterocycles. The summed E-state index contributed by atoms with van der Waals surface area (Å²) in [7, 11) is 1.60. The monoisotopic (exact) mass is 241 g/mol. The van der Waals surface area contributed by atoms with Crippen LogP contribution in [0.2, 0.25) is 10.2 Å². The number of aromatic nitrogens is 1. The van der Waals surface area contributed by atoms with Crippen molar-refractivity contribution in [3.63, 3.8) is 0 Å². The van der Waals surface area contributed by atoms with Gasteiger partial charge in [0.15, 0.2) is 0 Å². The molecule has 0 unspecified atom stereocenters. The van der Waals surface area contributed by atoms with Gasteiger partial charge in [0.05, 0.1) is 12.1 Å². The summed E-state index contributed by atoms with van der Waals surface area (Å²) in [5, 5.41) is 1.99. The van der Waals surface area contributed by atoms with Crippen LogP contribution in [0.3, 0.4) is 0 Å². The molecule has 0 fully saturated rings. The number of pyridine rings is 1. The molecule has 2 nitrogen and oxygen atoms in total. The van der Waals surface area contributed by atoms with Crippen LogP contribution in [0.1, 0.15) is 5.56 Å². The van der Waals surface area contributed by atoms with Crippen molar-refractivity contribution in [2.24, 2.45) is 0 Å². The highest BCUT2D eigenvalue weighted by atomic mass is 35.5. The Morgan fingerprint density at radius 2 is 2.00 bits per heavy atom. The van der Waals surface area contributed by atoms with Gasteiger partial charge < -0.3 is 4.74 Å². The van der Waals surface area contributed by atoms with Crippen LogP contribution in [0.5, 0.6) is 5.75 Å². The van der Waals surface area contributed by atoms with Crippen molar-refractivity contribution < 1.29 is 4.74 Å². The molecule has 0 aliphatic carbocycles. The van der Waals surface area contributed by atoms with Gasteiger partial charge in [-0.2, -0.15) is 0 Å². The molecule has 0 spiro atoms. The lowest BCUT2D eigenvalue weighted by Gasteiger charge is -2.07. The first-order valence-corrected chi connectivity index (χ1v) is 5.18. The normalized spacial score (nSPS) is 10.7. The van der Waals surface area contributed by atoms with Crippen molar-refractivity contribution in [1.29, 1.82) is 0 Å². The van der Waals surface area contributed by atoms with Crippen LogP contribution >= 0.6 is 23.2 Å². The molecule has 78 valence electrons. The molecule has 1 heterocycles. The molecule has 2 rings (SSSR count). The first kappa shape index (κ1) is 10.5. The molecular formula is C11H9Cl2NO. The van der Waals surface area contributed by atoms with E-state index in [9.17, 15) is 0 Å². The van der Waals surface area contributed by atoms with E-state index in [1.807, 2.05) is 13.0 Å². The lowest BCUT2D eigenvalue weighted by atomic mass is 10.1. The highest BCUT2D eigenvalue weighted by Crippen LogP contribution is 2.32. The maximum atomic E-state index is 6.07. The molecule has 0 radical (unpaired) electrons. The maximum absolute atomic E-state index is 6.07. The largest absolute Gasteiger partial charge is 0.494 e. The van der Waals surface area contributed by atoms with Crippen LogP contribution in [0, 0.1) is 6.92 Å². The highest BCUT2D eigenvalue weighted by Gasteiger charge is 2.09. The molecule has 0 aliphatic rings. The summed E-state index contributed by atoms with van der Waals surface area (Å²) >= 11 is 12.0. The summed E-state index contributed by atoms with van der Waals surface area (Å²) in [6, 6.07) is 5.48. The molecule has 4 heteroatoms. The molecule has 0 saturated carbocycles. The Kier molecular flexibility index (Phi) is 2.72. The molecule has 15 heavy (non-hydrogen) atoms. The van der Waals surface area contributed by atoms with E-state index in [1.165, 1.54) is 0 Å². The molecule has 0 bridgehead atoms. The Labute approximate surface area is 97.8 Å². The van der Waals surface area contributed by atoms with Crippen molar-refractivity contribution >= 4 is 34.1 Å². The van der Waals surface area contributed by atoms with Crippen LogP contribution in [-0.2, 0) is 0 Å². The lowest BCUT2D eigenvalue weighted by Crippen LogP contribution is -1.90. The van der Waals surface area contributed by atoms with E-state index in [-0.39, 0.29) is 0 Å². The Bertz CT molecular complexity index is 525. The molecule has 0 saturated heterocycles. The smallest absolute Gasteiger partial charge is 0.145 e. The van der Waals surface area contributed by atoms with E-state index < -0.39 is 0 Å². The lowest BCUT2D eigenvalue weighted by molar-refractivity contribution is 0.419. The fourth-order valence-electron chi connectivity index (χ4n) is 1.44. The van der Waals surface area contributed by atoms with Crippen LogP contribution < -0.4 is 4.74 Å². The van der Waals surface area contributed by atoms with Crippen molar-refractivity contribution in [3.05, 3.63) is 33.9 Å². The number of rotatable bonds is 1. The number of hydrogen-bond donors (Lipinski definition) is 0. The van der Waals surface area contributed by atoms with E-state index in [0.29, 0.717) is 21.4 Å². The van der Waals surface area contributed by atoms with Crippen LogP contribution in [0.15, 0.2) is 18.2 Å². The zero-order valence-corrected chi connectivity index (χ0v) is 9.86. The predicted octanol–water partition coefficient (Wildman–Crippen LogP) is 3.86. The SMILES string of the molecule is COc1ccc(Cl)c2cc(C)c(Cl)nc12.